The van der Waals surface area contributed by atoms with Crippen molar-refractivity contribution in [3.63, 3.8) is 0 Å². The lowest BCUT2D eigenvalue weighted by Crippen LogP contribution is -2.46. The van der Waals surface area contributed by atoms with Gasteiger partial charge in [-0.2, -0.15) is 0 Å². The second kappa shape index (κ2) is 31.4. The smallest absolute Gasteiger partial charge is 0.160 e. The van der Waals surface area contributed by atoms with E-state index in [1.807, 2.05) is 36.4 Å². The molecule has 19 rings (SSSR count). The standard InChI is InChI=1S/C110H108F4N2O3/c1-9-69-25-47-87(48-26-69)117-89-51-39-79(40-52-89)109(77-35-31-75(32-36-77)107(3,4)5)97-23-13-11-21-91(97)93-55-29-73(63-99(93)109)71-17-15-19-81(61-71)115(85-43-57-101(111)103(113)67-85)83-45-59-105-95(65-83)96-66-84(46-60-106(96)119-105)116(86-44-58-102(112)104(114)68-86)82-20-16-18-72(62-82)74-30-56-94-92-22-12-14-24-98(92)110(100(94)64-74,78-37-33-76(34-38-78)108(6,7)8)80-41-53-90(54-42-80)118-88-49-27-70(10-2)28-50-88/h9-13,15,19-23,25,27-28,30-35,37-39,41-42,44-45,47,49-54,56,58-59,61-66,68,71,77,79,85,93,95-96,99,105-106H,1-2,14,16-18,24,26,29,36,40,43,46,48,55,57,60,67H2,3-8H3. The van der Waals surface area contributed by atoms with E-state index in [1.165, 1.54) is 73.4 Å². The number of benzene rings is 6. The minimum atomic E-state index is -0.911. The summed E-state index contributed by atoms with van der Waals surface area (Å²) in [5.74, 6) is 1.10. The van der Waals surface area contributed by atoms with Gasteiger partial charge in [0.1, 0.15) is 34.7 Å². The van der Waals surface area contributed by atoms with E-state index in [0.717, 1.165) is 139 Å². The topological polar surface area (TPSA) is 34.2 Å². The molecule has 119 heavy (non-hydrogen) atoms. The molecule has 604 valence electrons. The van der Waals surface area contributed by atoms with E-state index in [0.29, 0.717) is 30.9 Å². The molecule has 0 bridgehead atoms. The van der Waals surface area contributed by atoms with Crippen molar-refractivity contribution in [3.8, 4) is 11.5 Å². The van der Waals surface area contributed by atoms with Crippen molar-refractivity contribution < 1.29 is 31.8 Å². The Morgan fingerprint density at radius 3 is 2.07 bits per heavy atom. The third-order valence-electron chi connectivity index (χ3n) is 28.5. The van der Waals surface area contributed by atoms with Crippen LogP contribution in [0.25, 0.3) is 17.2 Å². The lowest BCUT2D eigenvalue weighted by atomic mass is 9.53. The molecule has 0 aromatic heterocycles. The van der Waals surface area contributed by atoms with Gasteiger partial charge in [0.15, 0.2) is 11.6 Å². The quantitative estimate of drug-likeness (QED) is 0.0633. The second-order valence-electron chi connectivity index (χ2n) is 37.2. The van der Waals surface area contributed by atoms with Crippen LogP contribution < -0.4 is 9.64 Å². The monoisotopic (exact) mass is 1580 g/mol. The van der Waals surface area contributed by atoms with Crippen molar-refractivity contribution in [1.29, 1.82) is 0 Å². The van der Waals surface area contributed by atoms with Crippen LogP contribution in [0.4, 0.5) is 23.2 Å². The fourth-order valence-electron chi connectivity index (χ4n) is 22.6. The number of anilines is 1. The highest BCUT2D eigenvalue weighted by Gasteiger charge is 2.59. The Balaban J connectivity index is 0.657. The predicted octanol–water partition coefficient (Wildman–Crippen LogP) is 28.5. The molecule has 9 heteroatoms. The van der Waals surface area contributed by atoms with Crippen LogP contribution in [0.3, 0.4) is 0 Å². The van der Waals surface area contributed by atoms with Gasteiger partial charge in [-0.3, -0.25) is 0 Å². The Kier molecular flexibility index (Phi) is 20.6. The molecule has 0 amide bonds. The van der Waals surface area contributed by atoms with Crippen LogP contribution in [0.1, 0.15) is 200 Å². The first kappa shape index (κ1) is 78.1. The number of fused-ring (bicyclic) bond motifs is 8. The first-order valence-electron chi connectivity index (χ1n) is 43.8. The molecule has 0 saturated carbocycles. The maximum atomic E-state index is 16.2. The van der Waals surface area contributed by atoms with Crippen molar-refractivity contribution >= 4 is 22.9 Å². The molecule has 0 radical (unpaired) electrons. The zero-order valence-electron chi connectivity index (χ0n) is 69.5. The minimum Gasteiger partial charge on any atom is -0.462 e. The molecule has 12 unspecified atom stereocenters. The Morgan fingerprint density at radius 1 is 0.571 bits per heavy atom. The van der Waals surface area contributed by atoms with Crippen molar-refractivity contribution in [2.45, 2.75) is 185 Å². The van der Waals surface area contributed by atoms with E-state index in [-0.39, 0.29) is 82.8 Å². The number of nitrogens with zero attached hydrogens (tertiary/aromatic N) is 2. The lowest BCUT2D eigenvalue weighted by Gasteiger charge is -2.50. The summed E-state index contributed by atoms with van der Waals surface area (Å²) in [6.07, 6.45) is 61.8. The summed E-state index contributed by atoms with van der Waals surface area (Å²) in [7, 11) is 0. The van der Waals surface area contributed by atoms with Gasteiger partial charge in [-0.25, -0.2) is 17.6 Å². The maximum absolute atomic E-state index is 16.2. The number of halogens is 4. The molecule has 13 aliphatic rings. The van der Waals surface area contributed by atoms with Gasteiger partial charge >= 0.3 is 0 Å². The van der Waals surface area contributed by atoms with Gasteiger partial charge in [0.05, 0.1) is 17.6 Å². The van der Waals surface area contributed by atoms with E-state index in [9.17, 15) is 0 Å². The fourth-order valence-corrected chi connectivity index (χ4v) is 22.6. The predicted molar refractivity (Wildman–Crippen MR) is 477 cm³/mol. The SMILES string of the molecule is C=CC1=CC=C(OC2=CCC(C3(C4C=CC(C(C)(C)C)=CC4)c4ccccc4C4CCC(C5C=C(N(C6=CC7C(C=C6)OC6CCC(N(C8=CCCC(c9ccc%10c(c9)C(c9ccc(Oc%11ccc(C=C)cc%11)cc9)(c9ccc(C(C)(C)C)cc9)C9=C%10C=CCC9)=C8)c8ccc(F)c(F)c8)=CC67)C6CCC(F)=C(F)C6)C=CC5)=CC43)C=C2)CC1. The highest BCUT2D eigenvalue weighted by Crippen LogP contribution is 2.66. The van der Waals surface area contributed by atoms with Crippen molar-refractivity contribution in [1.82, 2.24) is 4.90 Å². The van der Waals surface area contributed by atoms with Gasteiger partial charge in [-0.15, -0.1) is 0 Å². The van der Waals surface area contributed by atoms with Crippen LogP contribution in [-0.4, -0.2) is 23.1 Å². The molecule has 1 aliphatic heterocycles. The average molecular weight is 1580 g/mol. The molecular weight excluding hydrogens is 1470 g/mol. The van der Waals surface area contributed by atoms with Crippen LogP contribution >= 0.6 is 0 Å². The fraction of sp³-hybridized carbons (Fsp3) is 0.327. The third kappa shape index (κ3) is 14.2. The first-order chi connectivity index (χ1) is 57.7. The molecule has 0 spiro atoms. The minimum absolute atomic E-state index is 0.0237. The molecule has 6 aromatic carbocycles. The van der Waals surface area contributed by atoms with E-state index in [2.05, 4.69) is 277 Å². The van der Waals surface area contributed by atoms with Crippen molar-refractivity contribution in [2.75, 3.05) is 4.90 Å². The molecule has 0 N–H and O–H groups in total. The highest BCUT2D eigenvalue weighted by molar-refractivity contribution is 5.92. The number of ether oxygens (including phenoxy) is 3. The lowest BCUT2D eigenvalue weighted by molar-refractivity contribution is 0.0516. The number of allylic oxidation sites excluding steroid dienone is 27. The first-order valence-corrected chi connectivity index (χ1v) is 43.8. The van der Waals surface area contributed by atoms with Gasteiger partial charge in [-0.1, -0.05) is 242 Å². The van der Waals surface area contributed by atoms with Gasteiger partial charge in [0.25, 0.3) is 0 Å². The van der Waals surface area contributed by atoms with Gasteiger partial charge in [0.2, 0.25) is 0 Å². The largest absolute Gasteiger partial charge is 0.462 e. The zero-order valence-corrected chi connectivity index (χ0v) is 69.5. The van der Waals surface area contributed by atoms with Crippen LogP contribution in [0.5, 0.6) is 11.5 Å². The number of rotatable bonds is 18. The molecule has 6 aromatic rings. The third-order valence-corrected chi connectivity index (χ3v) is 28.5. The highest BCUT2D eigenvalue weighted by atomic mass is 19.2. The second-order valence-corrected chi connectivity index (χ2v) is 37.2. The summed E-state index contributed by atoms with van der Waals surface area (Å²) < 4.78 is 83.4. The van der Waals surface area contributed by atoms with Crippen LogP contribution in [0.2, 0.25) is 0 Å². The molecule has 12 atom stereocenters. The Labute approximate surface area is 701 Å². The molecule has 5 nitrogen and oxygen atoms in total. The zero-order chi connectivity index (χ0) is 81.6. The summed E-state index contributed by atoms with van der Waals surface area (Å²) in [6, 6.07) is 46.5. The van der Waals surface area contributed by atoms with Crippen molar-refractivity contribution in [2.24, 2.45) is 40.9 Å². The van der Waals surface area contributed by atoms with Crippen LogP contribution in [0, 0.1) is 52.6 Å². The molecule has 1 saturated heterocycles. The maximum Gasteiger partial charge on any atom is 0.160 e. The van der Waals surface area contributed by atoms with Gasteiger partial charge < -0.3 is 24.0 Å². The van der Waals surface area contributed by atoms with E-state index < -0.39 is 28.7 Å². The Bertz CT molecular complexity index is 5670. The Hall–Kier alpha value is -10.7. The van der Waals surface area contributed by atoms with E-state index in [4.69, 9.17) is 14.2 Å². The molecular formula is C110H108F4N2O3. The summed E-state index contributed by atoms with van der Waals surface area (Å²) in [6.45, 7) is 21.7. The summed E-state index contributed by atoms with van der Waals surface area (Å²) >= 11 is 0. The summed E-state index contributed by atoms with van der Waals surface area (Å²) in [5, 5.41) is 0. The number of hydrogen-bond donors (Lipinski definition) is 0. The van der Waals surface area contributed by atoms with Gasteiger partial charge in [0, 0.05) is 83.0 Å². The normalized spacial score (nSPS) is 27.9. The van der Waals surface area contributed by atoms with Gasteiger partial charge in [-0.05, 0) is 275 Å². The molecule has 1 fully saturated rings. The van der Waals surface area contributed by atoms with Crippen LogP contribution in [-0.2, 0) is 25.7 Å². The summed E-state index contributed by atoms with van der Waals surface area (Å²) in [4.78, 5) is 4.51. The average Bonchev–Trinajstić information content (AvgIpc) is 1.54. The summed E-state index contributed by atoms with van der Waals surface area (Å²) in [5.41, 5.74) is 22.5. The van der Waals surface area contributed by atoms with E-state index in [1.54, 1.807) is 6.07 Å². The van der Waals surface area contributed by atoms with Crippen molar-refractivity contribution in [3.05, 3.63) is 404 Å². The van der Waals surface area contributed by atoms with Crippen LogP contribution in [0.15, 0.2) is 342 Å². The molecule has 12 aliphatic carbocycles. The number of hydrogen-bond acceptors (Lipinski definition) is 5. The Morgan fingerprint density at radius 2 is 1.34 bits per heavy atom. The van der Waals surface area contributed by atoms with E-state index >= 15 is 17.6 Å². The molecule has 1 heterocycles.